The molecule has 8 heteroatoms. The quantitative estimate of drug-likeness (QED) is 0.404. The number of aromatic nitrogens is 3. The van der Waals surface area contributed by atoms with Gasteiger partial charge < -0.3 is 9.73 Å². The molecule has 1 saturated heterocycles. The lowest BCUT2D eigenvalue weighted by atomic mass is 9.90. The van der Waals surface area contributed by atoms with Gasteiger partial charge in [-0.15, -0.1) is 11.3 Å². The first-order chi connectivity index (χ1) is 16.6. The van der Waals surface area contributed by atoms with Crippen LogP contribution in [-0.4, -0.2) is 45.4 Å². The second kappa shape index (κ2) is 10.3. The van der Waals surface area contributed by atoms with E-state index in [0.717, 1.165) is 43.1 Å². The molecule has 0 unspecified atom stereocenters. The lowest BCUT2D eigenvalue weighted by Crippen LogP contribution is -2.39. The van der Waals surface area contributed by atoms with Crippen LogP contribution in [0.15, 0.2) is 64.5 Å². The standard InChI is InChI=1S/C26H27N5O2S/c1-18-7-8-22(33-18)25-28-21(26-27-11-14-34-26)16-23(30-25)29-24(32)17-31-12-9-20(10-13-31)15-19-5-3-2-4-6-19/h2-8,11,14,16,20H,9-10,12-13,15,17H2,1H3,(H,28,29,30,32). The number of thiazole rings is 1. The first kappa shape index (κ1) is 22.4. The number of amides is 1. The van der Waals surface area contributed by atoms with Crippen LogP contribution >= 0.6 is 11.3 Å². The Balaban J connectivity index is 1.22. The third-order valence-electron chi connectivity index (χ3n) is 6.05. The molecule has 5 rings (SSSR count). The third-order valence-corrected chi connectivity index (χ3v) is 6.84. The van der Waals surface area contributed by atoms with Gasteiger partial charge in [-0.3, -0.25) is 9.69 Å². The van der Waals surface area contributed by atoms with E-state index in [0.29, 0.717) is 35.6 Å². The van der Waals surface area contributed by atoms with Crippen molar-refractivity contribution in [3.05, 3.63) is 71.4 Å². The smallest absolute Gasteiger partial charge is 0.239 e. The molecule has 1 N–H and O–H groups in total. The second-order valence-electron chi connectivity index (χ2n) is 8.67. The summed E-state index contributed by atoms with van der Waals surface area (Å²) in [6.45, 7) is 4.08. The van der Waals surface area contributed by atoms with E-state index in [1.54, 1.807) is 12.3 Å². The monoisotopic (exact) mass is 473 g/mol. The average molecular weight is 474 g/mol. The molecule has 7 nitrogen and oxygen atoms in total. The van der Waals surface area contributed by atoms with E-state index in [4.69, 9.17) is 4.42 Å². The summed E-state index contributed by atoms with van der Waals surface area (Å²) in [6.07, 6.45) is 5.05. The normalized spacial score (nSPS) is 14.9. The minimum Gasteiger partial charge on any atom is -0.458 e. The van der Waals surface area contributed by atoms with Crippen molar-refractivity contribution < 1.29 is 9.21 Å². The van der Waals surface area contributed by atoms with E-state index < -0.39 is 0 Å². The maximum atomic E-state index is 12.9. The molecular weight excluding hydrogens is 446 g/mol. The van der Waals surface area contributed by atoms with Crippen LogP contribution in [0.5, 0.6) is 0 Å². The van der Waals surface area contributed by atoms with Crippen LogP contribution in [0.4, 0.5) is 5.82 Å². The molecule has 0 spiro atoms. The highest BCUT2D eigenvalue weighted by Crippen LogP contribution is 2.27. The van der Waals surface area contributed by atoms with E-state index in [1.165, 1.54) is 16.9 Å². The Kier molecular flexibility index (Phi) is 6.78. The molecule has 0 aliphatic carbocycles. The molecule has 1 aliphatic rings. The van der Waals surface area contributed by atoms with Gasteiger partial charge in [-0.05, 0) is 62.9 Å². The van der Waals surface area contributed by atoms with Gasteiger partial charge in [-0.25, -0.2) is 15.0 Å². The molecule has 3 aromatic heterocycles. The number of furan rings is 1. The number of carbonyl (C=O) groups is 1. The van der Waals surface area contributed by atoms with Crippen molar-refractivity contribution in [3.8, 4) is 22.3 Å². The Morgan fingerprint density at radius 2 is 1.97 bits per heavy atom. The number of nitrogens with one attached hydrogen (secondary N) is 1. The Bertz CT molecular complexity index is 1230. The molecule has 1 aliphatic heterocycles. The zero-order valence-corrected chi connectivity index (χ0v) is 19.9. The van der Waals surface area contributed by atoms with Crippen molar-refractivity contribution in [2.75, 3.05) is 25.0 Å². The molecular formula is C26H27N5O2S. The molecule has 1 fully saturated rings. The molecule has 1 amide bonds. The number of likely N-dealkylation sites (tertiary alicyclic amines) is 1. The number of carbonyl (C=O) groups excluding carboxylic acids is 1. The highest BCUT2D eigenvalue weighted by atomic mass is 32.1. The Morgan fingerprint density at radius 3 is 2.68 bits per heavy atom. The van der Waals surface area contributed by atoms with Gasteiger partial charge >= 0.3 is 0 Å². The topological polar surface area (TPSA) is 84.2 Å². The molecule has 0 bridgehead atoms. The molecule has 4 heterocycles. The van der Waals surface area contributed by atoms with Crippen molar-refractivity contribution in [3.63, 3.8) is 0 Å². The number of hydrogen-bond acceptors (Lipinski definition) is 7. The largest absolute Gasteiger partial charge is 0.458 e. The van der Waals surface area contributed by atoms with Gasteiger partial charge in [0.1, 0.15) is 22.3 Å². The second-order valence-corrected chi connectivity index (χ2v) is 9.56. The van der Waals surface area contributed by atoms with Crippen molar-refractivity contribution >= 4 is 23.1 Å². The van der Waals surface area contributed by atoms with Crippen molar-refractivity contribution in [1.82, 2.24) is 19.9 Å². The average Bonchev–Trinajstić information content (AvgIpc) is 3.53. The summed E-state index contributed by atoms with van der Waals surface area (Å²) in [7, 11) is 0. The number of hydrogen-bond donors (Lipinski definition) is 1. The summed E-state index contributed by atoms with van der Waals surface area (Å²) in [5.41, 5.74) is 2.05. The molecule has 0 radical (unpaired) electrons. The van der Waals surface area contributed by atoms with E-state index in [2.05, 4.69) is 55.5 Å². The summed E-state index contributed by atoms with van der Waals surface area (Å²) in [6, 6.07) is 16.1. The highest BCUT2D eigenvalue weighted by Gasteiger charge is 2.22. The molecule has 174 valence electrons. The number of benzene rings is 1. The van der Waals surface area contributed by atoms with Gasteiger partial charge in [0.05, 0.1) is 6.54 Å². The minimum atomic E-state index is -0.0770. The predicted octanol–water partition coefficient (Wildman–Crippen LogP) is 5.06. The summed E-state index contributed by atoms with van der Waals surface area (Å²) in [4.78, 5) is 28.6. The fraction of sp³-hybridized carbons (Fsp3) is 0.308. The fourth-order valence-electron chi connectivity index (χ4n) is 4.32. The van der Waals surface area contributed by atoms with Crippen LogP contribution in [0.25, 0.3) is 22.3 Å². The van der Waals surface area contributed by atoms with Crippen LogP contribution in [0.3, 0.4) is 0 Å². The summed E-state index contributed by atoms with van der Waals surface area (Å²) < 4.78 is 5.71. The Hall–Kier alpha value is -3.36. The summed E-state index contributed by atoms with van der Waals surface area (Å²) in [5.74, 6) is 2.81. The van der Waals surface area contributed by atoms with Crippen LogP contribution in [-0.2, 0) is 11.2 Å². The molecule has 1 aromatic carbocycles. The number of rotatable bonds is 7. The predicted molar refractivity (Wildman–Crippen MR) is 134 cm³/mol. The maximum absolute atomic E-state index is 12.9. The van der Waals surface area contributed by atoms with Crippen LogP contribution < -0.4 is 5.32 Å². The van der Waals surface area contributed by atoms with Gasteiger partial charge in [0.25, 0.3) is 0 Å². The van der Waals surface area contributed by atoms with E-state index in [-0.39, 0.29) is 5.91 Å². The van der Waals surface area contributed by atoms with Crippen molar-refractivity contribution in [1.29, 1.82) is 0 Å². The van der Waals surface area contributed by atoms with Gasteiger partial charge in [0, 0.05) is 17.6 Å². The lowest BCUT2D eigenvalue weighted by molar-refractivity contribution is -0.117. The minimum absolute atomic E-state index is 0.0770. The number of nitrogens with zero attached hydrogens (tertiary/aromatic N) is 4. The summed E-state index contributed by atoms with van der Waals surface area (Å²) in [5, 5.41) is 5.63. The molecule has 0 atom stereocenters. The van der Waals surface area contributed by atoms with Gasteiger partial charge in [-0.1, -0.05) is 30.3 Å². The van der Waals surface area contributed by atoms with Crippen LogP contribution in [0, 0.1) is 12.8 Å². The lowest BCUT2D eigenvalue weighted by Gasteiger charge is -2.31. The SMILES string of the molecule is Cc1ccc(-c2nc(NC(=O)CN3CCC(Cc4ccccc4)CC3)cc(-c3nccs3)n2)o1. The number of anilines is 1. The molecule has 0 saturated carbocycles. The highest BCUT2D eigenvalue weighted by molar-refractivity contribution is 7.13. The number of aryl methyl sites for hydroxylation is 1. The van der Waals surface area contributed by atoms with Gasteiger partial charge in [-0.2, -0.15) is 0 Å². The first-order valence-corrected chi connectivity index (χ1v) is 12.4. The van der Waals surface area contributed by atoms with E-state index in [9.17, 15) is 4.79 Å². The molecule has 4 aromatic rings. The summed E-state index contributed by atoms with van der Waals surface area (Å²) >= 11 is 1.49. The van der Waals surface area contributed by atoms with Crippen LogP contribution in [0.2, 0.25) is 0 Å². The Labute approximate surface area is 202 Å². The fourth-order valence-corrected chi connectivity index (χ4v) is 4.91. The van der Waals surface area contributed by atoms with E-state index >= 15 is 0 Å². The van der Waals surface area contributed by atoms with Gasteiger partial charge in [0.2, 0.25) is 5.91 Å². The Morgan fingerprint density at radius 1 is 1.15 bits per heavy atom. The number of piperidine rings is 1. The molecule has 34 heavy (non-hydrogen) atoms. The maximum Gasteiger partial charge on any atom is 0.239 e. The zero-order chi connectivity index (χ0) is 23.3. The van der Waals surface area contributed by atoms with Crippen molar-refractivity contribution in [2.24, 2.45) is 5.92 Å². The van der Waals surface area contributed by atoms with E-state index in [1.807, 2.05) is 24.4 Å². The van der Waals surface area contributed by atoms with Crippen LogP contribution in [0.1, 0.15) is 24.2 Å². The van der Waals surface area contributed by atoms with Gasteiger partial charge in [0.15, 0.2) is 11.6 Å². The first-order valence-electron chi connectivity index (χ1n) is 11.5. The van der Waals surface area contributed by atoms with Crippen molar-refractivity contribution in [2.45, 2.75) is 26.2 Å². The third kappa shape index (κ3) is 5.58. The zero-order valence-electron chi connectivity index (χ0n) is 19.1.